The fourth-order valence-electron chi connectivity index (χ4n) is 2.93. The Labute approximate surface area is 110 Å². The van der Waals surface area contributed by atoms with Gasteiger partial charge in [0.1, 0.15) is 0 Å². The number of carbonyl (C=O) groups excluding carboxylic acids is 1. The summed E-state index contributed by atoms with van der Waals surface area (Å²) in [7, 11) is 0. The highest BCUT2D eigenvalue weighted by Crippen LogP contribution is 2.32. The number of aliphatic hydroxyl groups excluding tert-OH is 1. The van der Waals surface area contributed by atoms with E-state index in [1.165, 1.54) is 6.42 Å². The summed E-state index contributed by atoms with van der Waals surface area (Å²) in [6.07, 6.45) is 4.62. The maximum atomic E-state index is 12.1. The number of hydrogen-bond donors (Lipinski definition) is 3. The van der Waals surface area contributed by atoms with Crippen molar-refractivity contribution in [2.45, 2.75) is 64.5 Å². The number of nitrogens with one attached hydrogen (secondary N) is 1. The Morgan fingerprint density at radius 1 is 1.56 bits per heavy atom. The van der Waals surface area contributed by atoms with Crippen LogP contribution in [0.15, 0.2) is 0 Å². The van der Waals surface area contributed by atoms with Gasteiger partial charge in [0.2, 0.25) is 5.91 Å². The van der Waals surface area contributed by atoms with Crippen molar-refractivity contribution >= 4 is 5.91 Å². The van der Waals surface area contributed by atoms with Gasteiger partial charge in [-0.2, -0.15) is 0 Å². The second kappa shape index (κ2) is 6.53. The number of aliphatic hydroxyl groups is 1. The van der Waals surface area contributed by atoms with Crippen molar-refractivity contribution in [2.24, 2.45) is 17.6 Å². The van der Waals surface area contributed by atoms with E-state index in [2.05, 4.69) is 26.1 Å². The molecule has 18 heavy (non-hydrogen) atoms. The number of carbonyl (C=O) groups is 1. The minimum Gasteiger partial charge on any atom is -0.394 e. The van der Waals surface area contributed by atoms with E-state index in [0.717, 1.165) is 19.3 Å². The smallest absolute Gasteiger partial charge is 0.237 e. The Kier molecular flexibility index (Phi) is 5.60. The summed E-state index contributed by atoms with van der Waals surface area (Å²) < 4.78 is 0. The predicted molar refractivity (Wildman–Crippen MR) is 73.0 cm³/mol. The van der Waals surface area contributed by atoms with Gasteiger partial charge in [0.15, 0.2) is 0 Å². The third kappa shape index (κ3) is 4.25. The van der Waals surface area contributed by atoms with Gasteiger partial charge in [-0.15, -0.1) is 0 Å². The van der Waals surface area contributed by atoms with Crippen LogP contribution < -0.4 is 11.1 Å². The highest BCUT2D eigenvalue weighted by Gasteiger charge is 2.36. The molecule has 0 aliphatic heterocycles. The van der Waals surface area contributed by atoms with Gasteiger partial charge < -0.3 is 16.2 Å². The van der Waals surface area contributed by atoms with Gasteiger partial charge in [-0.3, -0.25) is 4.79 Å². The molecule has 106 valence electrons. The number of nitrogens with two attached hydrogens (primary N) is 1. The lowest BCUT2D eigenvalue weighted by Gasteiger charge is -2.40. The average molecular weight is 256 g/mol. The average Bonchev–Trinajstić information content (AvgIpc) is 2.28. The second-order valence-corrected chi connectivity index (χ2v) is 6.37. The summed E-state index contributed by atoms with van der Waals surface area (Å²) >= 11 is 0. The van der Waals surface area contributed by atoms with Crippen LogP contribution >= 0.6 is 0 Å². The Morgan fingerprint density at radius 3 is 2.72 bits per heavy atom. The van der Waals surface area contributed by atoms with Gasteiger partial charge in [0.25, 0.3) is 0 Å². The minimum atomic E-state index is -0.467. The van der Waals surface area contributed by atoms with Crippen LogP contribution in [0.3, 0.4) is 0 Å². The van der Waals surface area contributed by atoms with Gasteiger partial charge in [-0.05, 0) is 31.1 Å². The van der Waals surface area contributed by atoms with Crippen LogP contribution in [0.25, 0.3) is 0 Å². The summed E-state index contributed by atoms with van der Waals surface area (Å²) in [5, 5.41) is 12.6. The van der Waals surface area contributed by atoms with Crippen LogP contribution in [0.5, 0.6) is 0 Å². The van der Waals surface area contributed by atoms with Crippen LogP contribution in [-0.2, 0) is 4.79 Å². The summed E-state index contributed by atoms with van der Waals surface area (Å²) in [6.45, 7) is 6.29. The van der Waals surface area contributed by atoms with Crippen molar-refractivity contribution in [3.8, 4) is 0 Å². The summed E-state index contributed by atoms with van der Waals surface area (Å²) in [4.78, 5) is 12.1. The third-order valence-corrected chi connectivity index (χ3v) is 3.84. The molecule has 0 spiro atoms. The van der Waals surface area contributed by atoms with Gasteiger partial charge >= 0.3 is 0 Å². The van der Waals surface area contributed by atoms with Gasteiger partial charge in [-0.1, -0.05) is 33.6 Å². The van der Waals surface area contributed by atoms with E-state index in [1.807, 2.05) is 0 Å². The molecule has 0 aromatic rings. The molecule has 4 nitrogen and oxygen atoms in total. The van der Waals surface area contributed by atoms with E-state index in [0.29, 0.717) is 18.3 Å². The zero-order valence-electron chi connectivity index (χ0n) is 11.9. The van der Waals surface area contributed by atoms with E-state index in [-0.39, 0.29) is 12.5 Å². The summed E-state index contributed by atoms with van der Waals surface area (Å²) in [5.74, 6) is 0.834. The Hall–Kier alpha value is -0.610. The molecule has 4 N–H and O–H groups in total. The van der Waals surface area contributed by atoms with Crippen molar-refractivity contribution in [2.75, 3.05) is 6.61 Å². The standard InChI is InChI=1S/C14H28N2O2/c1-10(2)7-12(15)13(18)16-14(9-17)6-4-5-11(3)8-14/h10-12,17H,4-9,15H2,1-3H3,(H,16,18)/t11?,12-,14?/m0/s1. The number of rotatable bonds is 5. The molecule has 1 aliphatic carbocycles. The first-order chi connectivity index (χ1) is 8.38. The second-order valence-electron chi connectivity index (χ2n) is 6.37. The molecule has 0 aromatic carbocycles. The van der Waals surface area contributed by atoms with Crippen LogP contribution in [0.2, 0.25) is 0 Å². The Morgan fingerprint density at radius 2 is 2.22 bits per heavy atom. The fourth-order valence-corrected chi connectivity index (χ4v) is 2.93. The molecular formula is C14H28N2O2. The maximum absolute atomic E-state index is 12.1. The molecule has 1 amide bonds. The molecule has 4 heteroatoms. The zero-order chi connectivity index (χ0) is 13.8. The summed E-state index contributed by atoms with van der Waals surface area (Å²) in [5.41, 5.74) is 5.45. The molecule has 0 bridgehead atoms. The molecule has 1 saturated carbocycles. The van der Waals surface area contributed by atoms with E-state index >= 15 is 0 Å². The lowest BCUT2D eigenvalue weighted by Crippen LogP contribution is -2.57. The molecule has 3 atom stereocenters. The first kappa shape index (κ1) is 15.4. The lowest BCUT2D eigenvalue weighted by molar-refractivity contribution is -0.126. The molecule has 0 radical (unpaired) electrons. The highest BCUT2D eigenvalue weighted by atomic mass is 16.3. The lowest BCUT2D eigenvalue weighted by atomic mass is 9.76. The van der Waals surface area contributed by atoms with E-state index < -0.39 is 11.6 Å². The van der Waals surface area contributed by atoms with Crippen molar-refractivity contribution in [1.82, 2.24) is 5.32 Å². The van der Waals surface area contributed by atoms with E-state index in [9.17, 15) is 9.90 Å². The van der Waals surface area contributed by atoms with Crippen LogP contribution in [-0.4, -0.2) is 29.2 Å². The van der Waals surface area contributed by atoms with Crippen LogP contribution in [0.1, 0.15) is 52.9 Å². The van der Waals surface area contributed by atoms with Crippen molar-refractivity contribution in [3.63, 3.8) is 0 Å². The fraction of sp³-hybridized carbons (Fsp3) is 0.929. The first-order valence-corrected chi connectivity index (χ1v) is 7.07. The molecule has 1 fully saturated rings. The normalized spacial score (nSPS) is 30.2. The minimum absolute atomic E-state index is 0.0114. The largest absolute Gasteiger partial charge is 0.394 e. The molecule has 0 aromatic heterocycles. The SMILES string of the molecule is CC(C)C[C@H](N)C(=O)NC1(CO)CCCC(C)C1. The topological polar surface area (TPSA) is 75.4 Å². The van der Waals surface area contributed by atoms with Crippen molar-refractivity contribution in [3.05, 3.63) is 0 Å². The third-order valence-electron chi connectivity index (χ3n) is 3.84. The van der Waals surface area contributed by atoms with Crippen molar-refractivity contribution < 1.29 is 9.90 Å². The quantitative estimate of drug-likeness (QED) is 0.696. The molecule has 1 rings (SSSR count). The van der Waals surface area contributed by atoms with Gasteiger partial charge in [0.05, 0.1) is 18.2 Å². The number of hydrogen-bond acceptors (Lipinski definition) is 3. The Balaban J connectivity index is 2.59. The monoisotopic (exact) mass is 256 g/mol. The van der Waals surface area contributed by atoms with E-state index in [1.54, 1.807) is 0 Å². The Bertz CT molecular complexity index is 281. The first-order valence-electron chi connectivity index (χ1n) is 7.07. The molecule has 2 unspecified atom stereocenters. The molecule has 1 aliphatic rings. The maximum Gasteiger partial charge on any atom is 0.237 e. The van der Waals surface area contributed by atoms with Crippen LogP contribution in [0, 0.1) is 11.8 Å². The molecule has 0 saturated heterocycles. The molecular weight excluding hydrogens is 228 g/mol. The highest BCUT2D eigenvalue weighted by molar-refractivity contribution is 5.82. The predicted octanol–water partition coefficient (Wildman–Crippen LogP) is 1.42. The molecule has 0 heterocycles. The number of amides is 1. The summed E-state index contributed by atoms with van der Waals surface area (Å²) in [6, 6.07) is -0.467. The van der Waals surface area contributed by atoms with Crippen molar-refractivity contribution in [1.29, 1.82) is 0 Å². The van der Waals surface area contributed by atoms with Gasteiger partial charge in [-0.25, -0.2) is 0 Å². The van der Waals surface area contributed by atoms with Crippen LogP contribution in [0.4, 0.5) is 0 Å². The van der Waals surface area contributed by atoms with Gasteiger partial charge in [0, 0.05) is 0 Å². The zero-order valence-corrected chi connectivity index (χ0v) is 11.9. The van der Waals surface area contributed by atoms with E-state index in [4.69, 9.17) is 5.73 Å².